The third-order valence-corrected chi connectivity index (χ3v) is 4.45. The van der Waals surface area contributed by atoms with Gasteiger partial charge in [0.1, 0.15) is 18.2 Å². The molecule has 1 unspecified atom stereocenters. The Morgan fingerprint density at radius 1 is 1.23 bits per heavy atom. The highest BCUT2D eigenvalue weighted by Gasteiger charge is 2.23. The lowest BCUT2D eigenvalue weighted by Crippen LogP contribution is -2.33. The Kier molecular flexibility index (Phi) is 5.68. The summed E-state index contributed by atoms with van der Waals surface area (Å²) in [6.45, 7) is -0.0799. The molecule has 0 fully saturated rings. The van der Waals surface area contributed by atoms with Crippen LogP contribution in [0.2, 0.25) is 5.02 Å². The Morgan fingerprint density at radius 2 is 2.00 bits per heavy atom. The second kappa shape index (κ2) is 7.97. The van der Waals surface area contributed by atoms with E-state index >= 15 is 0 Å². The van der Waals surface area contributed by atoms with Crippen molar-refractivity contribution in [1.82, 2.24) is 15.1 Å². The van der Waals surface area contributed by atoms with E-state index in [1.165, 1.54) is 4.68 Å². The summed E-state index contributed by atoms with van der Waals surface area (Å²) in [6, 6.07) is 8.85. The van der Waals surface area contributed by atoms with Gasteiger partial charge in [-0.15, -0.1) is 0 Å². The number of carbonyl (C=O) groups is 1. The molecule has 1 N–H and O–H groups in total. The molecule has 2 aromatic carbocycles. The van der Waals surface area contributed by atoms with Crippen LogP contribution in [-0.2, 0) is 11.3 Å². The number of halogens is 4. The summed E-state index contributed by atoms with van der Waals surface area (Å²) in [5.41, 5.74) is 0.460. The molecule has 3 aromatic rings. The monoisotopic (exact) mass is 439 g/mol. The van der Waals surface area contributed by atoms with Gasteiger partial charge in [0.05, 0.1) is 16.7 Å². The predicted molar refractivity (Wildman–Crippen MR) is 97.7 cm³/mol. The van der Waals surface area contributed by atoms with Gasteiger partial charge in [-0.3, -0.25) is 9.48 Å². The van der Waals surface area contributed by atoms with Gasteiger partial charge in [0.15, 0.2) is 0 Å². The van der Waals surface area contributed by atoms with Crippen molar-refractivity contribution in [2.45, 2.75) is 12.6 Å². The van der Waals surface area contributed by atoms with Gasteiger partial charge >= 0.3 is 0 Å². The van der Waals surface area contributed by atoms with Crippen molar-refractivity contribution >= 4 is 33.4 Å². The van der Waals surface area contributed by atoms with Crippen LogP contribution in [0.1, 0.15) is 17.2 Å². The van der Waals surface area contributed by atoms with Gasteiger partial charge < -0.3 is 5.32 Å². The molecule has 134 valence electrons. The number of nitrogens with zero attached hydrogens (tertiary/aromatic N) is 2. The second-order valence-electron chi connectivity index (χ2n) is 5.54. The van der Waals surface area contributed by atoms with E-state index in [2.05, 4.69) is 26.3 Å². The SMILES string of the molecule is O=C(Cn1cc(Br)cn1)NC(c1cc(F)ccc1F)c1ccccc1Cl. The zero-order chi connectivity index (χ0) is 18.7. The lowest BCUT2D eigenvalue weighted by Gasteiger charge is -2.21. The highest BCUT2D eigenvalue weighted by Crippen LogP contribution is 2.30. The van der Waals surface area contributed by atoms with Crippen molar-refractivity contribution in [3.8, 4) is 0 Å². The number of aromatic nitrogens is 2. The first-order valence-electron chi connectivity index (χ1n) is 7.60. The molecule has 0 spiro atoms. The summed E-state index contributed by atoms with van der Waals surface area (Å²) in [5.74, 6) is -1.67. The third kappa shape index (κ3) is 4.28. The fourth-order valence-electron chi connectivity index (χ4n) is 2.55. The van der Waals surface area contributed by atoms with Gasteiger partial charge in [0.2, 0.25) is 5.91 Å². The quantitative estimate of drug-likeness (QED) is 0.636. The minimum Gasteiger partial charge on any atom is -0.343 e. The van der Waals surface area contributed by atoms with Crippen molar-refractivity contribution in [2.24, 2.45) is 0 Å². The molecular weight excluding hydrogens is 428 g/mol. The molecule has 4 nitrogen and oxygen atoms in total. The molecule has 3 rings (SSSR count). The van der Waals surface area contributed by atoms with Crippen LogP contribution in [0.3, 0.4) is 0 Å². The number of rotatable bonds is 5. The third-order valence-electron chi connectivity index (χ3n) is 3.70. The van der Waals surface area contributed by atoms with Crippen molar-refractivity contribution in [3.05, 3.63) is 87.1 Å². The van der Waals surface area contributed by atoms with Crippen LogP contribution >= 0.6 is 27.5 Å². The summed E-state index contributed by atoms with van der Waals surface area (Å²) in [7, 11) is 0. The minimum absolute atomic E-state index is 0.00639. The van der Waals surface area contributed by atoms with E-state index in [0.29, 0.717) is 10.6 Å². The molecule has 8 heteroatoms. The molecular formula is C18H13BrClF2N3O. The molecule has 0 aliphatic carbocycles. The summed E-state index contributed by atoms with van der Waals surface area (Å²) in [6.07, 6.45) is 3.18. The van der Waals surface area contributed by atoms with E-state index in [1.54, 1.807) is 36.7 Å². The molecule has 1 amide bonds. The number of amides is 1. The topological polar surface area (TPSA) is 46.9 Å². The number of benzene rings is 2. The molecule has 0 bridgehead atoms. The smallest absolute Gasteiger partial charge is 0.242 e. The lowest BCUT2D eigenvalue weighted by molar-refractivity contribution is -0.122. The van der Waals surface area contributed by atoms with E-state index < -0.39 is 23.6 Å². The number of hydrogen-bond acceptors (Lipinski definition) is 2. The molecule has 0 saturated heterocycles. The van der Waals surface area contributed by atoms with Crippen LogP contribution in [-0.4, -0.2) is 15.7 Å². The van der Waals surface area contributed by atoms with Gasteiger partial charge in [0.25, 0.3) is 0 Å². The number of nitrogens with one attached hydrogen (secondary N) is 1. The minimum atomic E-state index is -0.939. The molecule has 0 radical (unpaired) electrons. The van der Waals surface area contributed by atoms with Crippen LogP contribution in [0, 0.1) is 11.6 Å². The van der Waals surface area contributed by atoms with E-state index in [1.807, 2.05) is 0 Å². The average molecular weight is 441 g/mol. The van der Waals surface area contributed by atoms with Crippen molar-refractivity contribution in [1.29, 1.82) is 0 Å². The van der Waals surface area contributed by atoms with E-state index in [-0.39, 0.29) is 12.1 Å². The standard InChI is InChI=1S/C18H13BrClF2N3O/c19-11-8-23-25(9-11)10-17(26)24-18(13-3-1-2-4-15(13)20)14-7-12(21)5-6-16(14)22/h1-9,18H,10H2,(H,24,26). The molecule has 1 heterocycles. The summed E-state index contributed by atoms with van der Waals surface area (Å²) in [4.78, 5) is 12.4. The van der Waals surface area contributed by atoms with Gasteiger partial charge in [0, 0.05) is 16.8 Å². The van der Waals surface area contributed by atoms with Gasteiger partial charge in [-0.2, -0.15) is 5.10 Å². The Balaban J connectivity index is 1.94. The summed E-state index contributed by atoms with van der Waals surface area (Å²) >= 11 is 9.47. The van der Waals surface area contributed by atoms with Crippen LogP contribution in [0.15, 0.2) is 59.3 Å². The van der Waals surface area contributed by atoms with Gasteiger partial charge in [-0.25, -0.2) is 8.78 Å². The first-order valence-corrected chi connectivity index (χ1v) is 8.78. The first-order chi connectivity index (χ1) is 12.4. The highest BCUT2D eigenvalue weighted by molar-refractivity contribution is 9.10. The van der Waals surface area contributed by atoms with Gasteiger partial charge in [-0.05, 0) is 45.8 Å². The molecule has 1 aromatic heterocycles. The van der Waals surface area contributed by atoms with Crippen molar-refractivity contribution < 1.29 is 13.6 Å². The maximum absolute atomic E-state index is 14.3. The van der Waals surface area contributed by atoms with Crippen molar-refractivity contribution in [3.63, 3.8) is 0 Å². The van der Waals surface area contributed by atoms with E-state index in [9.17, 15) is 13.6 Å². The summed E-state index contributed by atoms with van der Waals surface area (Å²) < 4.78 is 30.2. The zero-order valence-corrected chi connectivity index (χ0v) is 15.6. The largest absolute Gasteiger partial charge is 0.343 e. The van der Waals surface area contributed by atoms with Crippen molar-refractivity contribution in [2.75, 3.05) is 0 Å². The lowest BCUT2D eigenvalue weighted by atomic mass is 9.97. The maximum atomic E-state index is 14.3. The molecule has 0 aliphatic heterocycles. The van der Waals surface area contributed by atoms with Crippen LogP contribution in [0.25, 0.3) is 0 Å². The second-order valence-corrected chi connectivity index (χ2v) is 6.87. The van der Waals surface area contributed by atoms with Crippen LogP contribution < -0.4 is 5.32 Å². The van der Waals surface area contributed by atoms with E-state index in [4.69, 9.17) is 11.6 Å². The number of carbonyl (C=O) groups excluding carboxylic acids is 1. The maximum Gasteiger partial charge on any atom is 0.242 e. The molecule has 0 aliphatic rings. The van der Waals surface area contributed by atoms with Crippen LogP contribution in [0.4, 0.5) is 8.78 Å². The predicted octanol–water partition coefficient (Wildman–Crippen LogP) is 4.48. The Labute approximate surface area is 161 Å². The fourth-order valence-corrected chi connectivity index (χ4v) is 3.12. The normalized spacial score (nSPS) is 12.0. The van der Waals surface area contributed by atoms with Crippen LogP contribution in [0.5, 0.6) is 0 Å². The first kappa shape index (κ1) is 18.5. The Bertz CT molecular complexity index is 948. The number of hydrogen-bond donors (Lipinski definition) is 1. The Morgan fingerprint density at radius 3 is 2.69 bits per heavy atom. The Hall–Kier alpha value is -2.25. The summed E-state index contributed by atoms with van der Waals surface area (Å²) in [5, 5.41) is 7.05. The highest BCUT2D eigenvalue weighted by atomic mass is 79.9. The molecule has 1 atom stereocenters. The van der Waals surface area contributed by atoms with E-state index in [0.717, 1.165) is 22.7 Å². The average Bonchev–Trinajstić information content (AvgIpc) is 3.00. The zero-order valence-electron chi connectivity index (χ0n) is 13.3. The molecule has 26 heavy (non-hydrogen) atoms. The fraction of sp³-hybridized carbons (Fsp3) is 0.111. The molecule has 0 saturated carbocycles. The van der Waals surface area contributed by atoms with Gasteiger partial charge in [-0.1, -0.05) is 29.8 Å².